The number of rotatable bonds is 4. The van der Waals surface area contributed by atoms with Gasteiger partial charge in [0.05, 0.1) is 36.2 Å². The molecule has 1 unspecified atom stereocenters. The quantitative estimate of drug-likeness (QED) is 0.680. The number of piperidine rings is 1. The molecule has 1 fully saturated rings. The van der Waals surface area contributed by atoms with Crippen LogP contribution in [0.5, 0.6) is 0 Å². The Morgan fingerprint density at radius 1 is 1.10 bits per heavy atom. The third kappa shape index (κ3) is 3.85. The van der Waals surface area contributed by atoms with Crippen molar-refractivity contribution in [2.45, 2.75) is 31.7 Å². The summed E-state index contributed by atoms with van der Waals surface area (Å²) in [6, 6.07) is 9.85. The number of nitrogens with one attached hydrogen (secondary N) is 2. The van der Waals surface area contributed by atoms with Gasteiger partial charge in [-0.25, -0.2) is 4.98 Å². The third-order valence-corrected chi connectivity index (χ3v) is 6.51. The van der Waals surface area contributed by atoms with E-state index >= 15 is 0 Å². The van der Waals surface area contributed by atoms with E-state index in [1.54, 1.807) is 18.7 Å². The minimum Gasteiger partial charge on any atom is -0.348 e. The maximum Gasteiger partial charge on any atom is 0.257 e. The van der Waals surface area contributed by atoms with E-state index in [-0.39, 0.29) is 23.8 Å². The number of benzene rings is 1. The first-order valence-electron chi connectivity index (χ1n) is 10.8. The van der Waals surface area contributed by atoms with Gasteiger partial charge in [0.1, 0.15) is 0 Å². The first-order valence-corrected chi connectivity index (χ1v) is 10.8. The van der Waals surface area contributed by atoms with Crippen molar-refractivity contribution in [3.8, 4) is 0 Å². The van der Waals surface area contributed by atoms with Crippen molar-refractivity contribution in [1.82, 2.24) is 30.0 Å². The molecule has 2 aliphatic rings. The van der Waals surface area contributed by atoms with E-state index in [0.29, 0.717) is 31.6 Å². The number of amides is 2. The van der Waals surface area contributed by atoms with Gasteiger partial charge in [0.2, 0.25) is 5.91 Å². The number of aromatic nitrogens is 4. The molecule has 8 nitrogen and oxygen atoms in total. The smallest absolute Gasteiger partial charge is 0.257 e. The largest absolute Gasteiger partial charge is 0.348 e. The van der Waals surface area contributed by atoms with Gasteiger partial charge < -0.3 is 14.8 Å². The van der Waals surface area contributed by atoms with Gasteiger partial charge in [0.15, 0.2) is 0 Å². The highest BCUT2D eigenvalue weighted by molar-refractivity contribution is 5.93. The number of imidazole rings is 1. The van der Waals surface area contributed by atoms with E-state index in [0.717, 1.165) is 36.2 Å². The Morgan fingerprint density at radius 3 is 2.65 bits per heavy atom. The molecule has 0 spiro atoms. The van der Waals surface area contributed by atoms with Gasteiger partial charge in [0.25, 0.3) is 5.91 Å². The van der Waals surface area contributed by atoms with Crippen LogP contribution in [-0.4, -0.2) is 61.4 Å². The second-order valence-corrected chi connectivity index (χ2v) is 8.33. The average molecular weight is 419 g/mol. The van der Waals surface area contributed by atoms with Crippen LogP contribution >= 0.6 is 0 Å². The molecular weight excluding hydrogens is 392 g/mol. The Hall–Kier alpha value is -3.42. The molecule has 0 aliphatic carbocycles. The third-order valence-electron chi connectivity index (χ3n) is 6.51. The molecule has 8 heteroatoms. The molecular formula is C23H26N6O2. The molecule has 3 aromatic rings. The molecule has 0 saturated carbocycles. The number of likely N-dealkylation sites (tertiary alicyclic amines) is 1. The number of carbonyl (C=O) groups is 2. The van der Waals surface area contributed by atoms with E-state index in [2.05, 4.69) is 20.2 Å². The van der Waals surface area contributed by atoms with Gasteiger partial charge in [-0.1, -0.05) is 30.3 Å². The molecule has 1 aromatic carbocycles. The predicted octanol–water partition coefficient (Wildman–Crippen LogP) is 2.35. The van der Waals surface area contributed by atoms with Crippen molar-refractivity contribution >= 4 is 11.8 Å². The zero-order valence-electron chi connectivity index (χ0n) is 17.3. The highest BCUT2D eigenvalue weighted by Gasteiger charge is 2.39. The van der Waals surface area contributed by atoms with Gasteiger partial charge >= 0.3 is 0 Å². The van der Waals surface area contributed by atoms with Crippen LogP contribution in [0, 0.1) is 5.92 Å². The summed E-state index contributed by atoms with van der Waals surface area (Å²) in [6.07, 6.45) is 7.82. The average Bonchev–Trinajstić information content (AvgIpc) is 3.51. The zero-order chi connectivity index (χ0) is 21.2. The van der Waals surface area contributed by atoms with Crippen molar-refractivity contribution in [3.63, 3.8) is 0 Å². The van der Waals surface area contributed by atoms with Gasteiger partial charge in [-0.15, -0.1) is 0 Å². The minimum atomic E-state index is -0.0441. The Bertz CT molecular complexity index is 1040. The highest BCUT2D eigenvalue weighted by Crippen LogP contribution is 2.39. The molecule has 4 heterocycles. The second kappa shape index (κ2) is 8.37. The number of hydrogen-bond acceptors (Lipinski definition) is 4. The van der Waals surface area contributed by atoms with Gasteiger partial charge in [-0.2, -0.15) is 5.10 Å². The standard InChI is InChI=1S/C23H26N6O2/c30-20(12-16-4-2-1-3-5-16)29-11-8-19-21(25-15-24-19)22(29)17-6-9-28(10-7-17)23(31)18-13-26-27-14-18/h1-5,13-15,17,22H,6-12H2,(H,24,25)(H,26,27). The monoisotopic (exact) mass is 418 g/mol. The zero-order valence-corrected chi connectivity index (χ0v) is 17.3. The fourth-order valence-electron chi connectivity index (χ4n) is 4.90. The lowest BCUT2D eigenvalue weighted by atomic mass is 9.83. The molecule has 0 radical (unpaired) electrons. The highest BCUT2D eigenvalue weighted by atomic mass is 16.2. The van der Waals surface area contributed by atoms with Crippen LogP contribution in [0.3, 0.4) is 0 Å². The van der Waals surface area contributed by atoms with E-state index in [1.165, 1.54) is 0 Å². The molecule has 160 valence electrons. The van der Waals surface area contributed by atoms with E-state index in [9.17, 15) is 9.59 Å². The van der Waals surface area contributed by atoms with Crippen LogP contribution in [-0.2, 0) is 17.6 Å². The summed E-state index contributed by atoms with van der Waals surface area (Å²) in [5.74, 6) is 0.422. The fraction of sp³-hybridized carbons (Fsp3) is 0.391. The molecule has 2 aliphatic heterocycles. The minimum absolute atomic E-state index is 0.00770. The van der Waals surface area contributed by atoms with Crippen molar-refractivity contribution in [2.75, 3.05) is 19.6 Å². The Balaban J connectivity index is 1.33. The molecule has 2 amide bonds. The first-order chi connectivity index (χ1) is 15.2. The topological polar surface area (TPSA) is 98.0 Å². The van der Waals surface area contributed by atoms with Gasteiger partial charge in [0, 0.05) is 37.9 Å². The molecule has 0 bridgehead atoms. The molecule has 31 heavy (non-hydrogen) atoms. The summed E-state index contributed by atoms with van der Waals surface area (Å²) >= 11 is 0. The maximum atomic E-state index is 13.3. The summed E-state index contributed by atoms with van der Waals surface area (Å²) in [5, 5.41) is 6.58. The Morgan fingerprint density at radius 2 is 1.90 bits per heavy atom. The Kier molecular flexibility index (Phi) is 5.28. The number of hydrogen-bond donors (Lipinski definition) is 2. The number of carbonyl (C=O) groups excluding carboxylic acids is 2. The van der Waals surface area contributed by atoms with Crippen molar-refractivity contribution in [3.05, 3.63) is 71.6 Å². The van der Waals surface area contributed by atoms with Crippen molar-refractivity contribution in [2.24, 2.45) is 5.92 Å². The molecule has 2 N–H and O–H groups in total. The maximum absolute atomic E-state index is 13.3. The number of fused-ring (bicyclic) bond motifs is 1. The van der Waals surface area contributed by atoms with Gasteiger partial charge in [-0.3, -0.25) is 14.7 Å². The van der Waals surface area contributed by atoms with E-state index in [1.807, 2.05) is 40.1 Å². The molecule has 1 atom stereocenters. The fourth-order valence-corrected chi connectivity index (χ4v) is 4.90. The summed E-state index contributed by atoms with van der Waals surface area (Å²) in [5.41, 5.74) is 3.74. The molecule has 5 rings (SSSR count). The van der Waals surface area contributed by atoms with E-state index in [4.69, 9.17) is 0 Å². The number of aromatic amines is 2. The lowest BCUT2D eigenvalue weighted by molar-refractivity contribution is -0.135. The lowest BCUT2D eigenvalue weighted by Crippen LogP contribution is -2.47. The summed E-state index contributed by atoms with van der Waals surface area (Å²) in [7, 11) is 0. The summed E-state index contributed by atoms with van der Waals surface area (Å²) in [6.45, 7) is 2.04. The van der Waals surface area contributed by atoms with Crippen molar-refractivity contribution < 1.29 is 9.59 Å². The lowest BCUT2D eigenvalue weighted by Gasteiger charge is -2.43. The van der Waals surface area contributed by atoms with Crippen LogP contribution in [0.2, 0.25) is 0 Å². The van der Waals surface area contributed by atoms with Gasteiger partial charge in [-0.05, 0) is 24.3 Å². The first kappa shape index (κ1) is 19.5. The summed E-state index contributed by atoms with van der Waals surface area (Å²) in [4.78, 5) is 37.7. The molecule has 1 saturated heterocycles. The van der Waals surface area contributed by atoms with E-state index < -0.39 is 0 Å². The number of H-pyrrole nitrogens is 2. The van der Waals surface area contributed by atoms with Crippen LogP contribution in [0.15, 0.2) is 49.1 Å². The summed E-state index contributed by atoms with van der Waals surface area (Å²) < 4.78 is 0. The Labute approximate surface area is 180 Å². The second-order valence-electron chi connectivity index (χ2n) is 8.33. The molecule has 2 aromatic heterocycles. The van der Waals surface area contributed by atoms with Crippen LogP contribution in [0.4, 0.5) is 0 Å². The van der Waals surface area contributed by atoms with Crippen LogP contribution < -0.4 is 0 Å². The number of nitrogens with zero attached hydrogens (tertiary/aromatic N) is 4. The SMILES string of the molecule is O=C(c1cn[nH]c1)N1CCC(C2c3nc[nH]c3CCN2C(=O)Cc2ccccc2)CC1. The normalized spacial score (nSPS) is 19.3. The van der Waals surface area contributed by atoms with Crippen molar-refractivity contribution in [1.29, 1.82) is 0 Å². The van der Waals surface area contributed by atoms with Crippen LogP contribution in [0.25, 0.3) is 0 Å². The predicted molar refractivity (Wildman–Crippen MR) is 114 cm³/mol. The van der Waals surface area contributed by atoms with Crippen LogP contribution in [0.1, 0.15) is 46.2 Å².